The monoisotopic (exact) mass is 276 g/mol. The highest BCUT2D eigenvalue weighted by Crippen LogP contribution is 2.13. The van der Waals surface area contributed by atoms with Gasteiger partial charge < -0.3 is 14.8 Å². The van der Waals surface area contributed by atoms with E-state index < -0.39 is 0 Å². The quantitative estimate of drug-likeness (QED) is 0.731. The zero-order valence-corrected chi connectivity index (χ0v) is 11.9. The van der Waals surface area contributed by atoms with Crippen LogP contribution in [0.4, 0.5) is 0 Å². The highest BCUT2D eigenvalue weighted by Gasteiger charge is 2.02. The predicted molar refractivity (Wildman–Crippen MR) is 75.7 cm³/mol. The third-order valence-electron chi connectivity index (χ3n) is 2.85. The molecule has 6 heteroatoms. The summed E-state index contributed by atoms with van der Waals surface area (Å²) in [5, 5.41) is 11.5. The molecule has 6 nitrogen and oxygen atoms in total. The van der Waals surface area contributed by atoms with Gasteiger partial charge in [0.2, 0.25) is 0 Å². The lowest BCUT2D eigenvalue weighted by Gasteiger charge is -2.04. The topological polar surface area (TPSA) is 61.2 Å². The van der Waals surface area contributed by atoms with E-state index in [0.717, 1.165) is 23.6 Å². The second-order valence-electron chi connectivity index (χ2n) is 4.43. The molecule has 0 saturated carbocycles. The molecule has 0 amide bonds. The van der Waals surface area contributed by atoms with E-state index in [2.05, 4.69) is 15.6 Å². The van der Waals surface area contributed by atoms with Crippen molar-refractivity contribution >= 4 is 0 Å². The van der Waals surface area contributed by atoms with Crippen LogP contribution in [0.25, 0.3) is 0 Å². The number of nitrogens with zero attached hydrogens (tertiary/aromatic N) is 3. The van der Waals surface area contributed by atoms with Gasteiger partial charge in [-0.3, -0.25) is 0 Å². The van der Waals surface area contributed by atoms with Crippen LogP contribution in [0.2, 0.25) is 0 Å². The first-order valence-corrected chi connectivity index (χ1v) is 6.53. The number of nitrogens with one attached hydrogen (secondary N) is 1. The molecule has 0 bridgehead atoms. The van der Waals surface area contributed by atoms with E-state index in [0.29, 0.717) is 19.7 Å². The minimum Gasteiger partial charge on any atom is -0.497 e. The van der Waals surface area contributed by atoms with Crippen molar-refractivity contribution in [2.24, 2.45) is 0 Å². The summed E-state index contributed by atoms with van der Waals surface area (Å²) in [5.74, 6) is 0.851. The summed E-state index contributed by atoms with van der Waals surface area (Å²) < 4.78 is 12.0. The van der Waals surface area contributed by atoms with Gasteiger partial charge in [-0.15, -0.1) is 5.10 Å². The maximum Gasteiger partial charge on any atom is 0.119 e. The van der Waals surface area contributed by atoms with Gasteiger partial charge in [0.15, 0.2) is 0 Å². The molecule has 0 saturated heterocycles. The Bertz CT molecular complexity index is 527. The Hall–Kier alpha value is -1.92. The van der Waals surface area contributed by atoms with Gasteiger partial charge in [0, 0.05) is 20.2 Å². The van der Waals surface area contributed by atoms with Gasteiger partial charge in [-0.1, -0.05) is 17.3 Å². The molecule has 0 aliphatic carbocycles. The predicted octanol–water partition coefficient (Wildman–Crippen LogP) is 1.07. The Morgan fingerprint density at radius 3 is 3.00 bits per heavy atom. The second kappa shape index (κ2) is 7.62. The average Bonchev–Trinajstić information content (AvgIpc) is 2.91. The van der Waals surface area contributed by atoms with E-state index in [1.165, 1.54) is 0 Å². The van der Waals surface area contributed by atoms with Gasteiger partial charge in [0.25, 0.3) is 0 Å². The van der Waals surface area contributed by atoms with Crippen molar-refractivity contribution in [3.63, 3.8) is 0 Å². The first kappa shape index (κ1) is 14.5. The molecule has 108 valence electrons. The third-order valence-corrected chi connectivity index (χ3v) is 2.85. The van der Waals surface area contributed by atoms with Crippen molar-refractivity contribution in [2.75, 3.05) is 27.4 Å². The molecule has 1 N–H and O–H groups in total. The maximum absolute atomic E-state index is 5.21. The molecule has 0 aliphatic rings. The summed E-state index contributed by atoms with van der Waals surface area (Å²) in [7, 11) is 3.35. The first-order valence-electron chi connectivity index (χ1n) is 6.53. The van der Waals surface area contributed by atoms with E-state index in [1.54, 1.807) is 14.2 Å². The van der Waals surface area contributed by atoms with Crippen molar-refractivity contribution in [1.29, 1.82) is 0 Å². The lowest BCUT2D eigenvalue weighted by atomic mass is 10.2. The standard InChI is InChI=1S/C14H20N4O2/c1-19-7-6-15-9-13-11-18(17-16-13)10-12-4-3-5-14(8-12)20-2/h3-5,8,11,15H,6-7,9-10H2,1-2H3. The van der Waals surface area contributed by atoms with E-state index in [4.69, 9.17) is 9.47 Å². The van der Waals surface area contributed by atoms with Crippen LogP contribution in [0.5, 0.6) is 5.75 Å². The summed E-state index contributed by atoms with van der Waals surface area (Å²) in [4.78, 5) is 0. The normalized spacial score (nSPS) is 10.7. The molecular formula is C14H20N4O2. The minimum atomic E-state index is 0.683. The number of rotatable bonds is 8. The third kappa shape index (κ3) is 4.32. The fourth-order valence-electron chi connectivity index (χ4n) is 1.85. The number of aromatic nitrogens is 3. The number of hydrogen-bond acceptors (Lipinski definition) is 5. The van der Waals surface area contributed by atoms with E-state index in [9.17, 15) is 0 Å². The van der Waals surface area contributed by atoms with Gasteiger partial charge in [0.05, 0.1) is 32.2 Å². The number of ether oxygens (including phenoxy) is 2. The summed E-state index contributed by atoms with van der Waals surface area (Å²) in [6, 6.07) is 7.94. The van der Waals surface area contributed by atoms with Crippen LogP contribution in [0.1, 0.15) is 11.3 Å². The van der Waals surface area contributed by atoms with E-state index in [1.807, 2.05) is 35.1 Å². The molecule has 0 spiro atoms. The molecule has 20 heavy (non-hydrogen) atoms. The van der Waals surface area contributed by atoms with Gasteiger partial charge in [-0.25, -0.2) is 4.68 Å². The van der Waals surface area contributed by atoms with Gasteiger partial charge >= 0.3 is 0 Å². The van der Waals surface area contributed by atoms with Crippen molar-refractivity contribution in [1.82, 2.24) is 20.3 Å². The SMILES string of the molecule is COCCNCc1cn(Cc2cccc(OC)c2)nn1. The van der Waals surface area contributed by atoms with Gasteiger partial charge in [0.1, 0.15) is 5.75 Å². The molecule has 1 aromatic carbocycles. The van der Waals surface area contributed by atoms with Crippen LogP contribution in [0.3, 0.4) is 0 Å². The molecular weight excluding hydrogens is 256 g/mol. The Morgan fingerprint density at radius 2 is 2.20 bits per heavy atom. The molecule has 0 aliphatic heterocycles. The Kier molecular flexibility index (Phi) is 5.52. The minimum absolute atomic E-state index is 0.683. The molecule has 1 aromatic heterocycles. The number of methoxy groups -OCH3 is 2. The van der Waals surface area contributed by atoms with Crippen LogP contribution in [0.15, 0.2) is 30.5 Å². The average molecular weight is 276 g/mol. The second-order valence-corrected chi connectivity index (χ2v) is 4.43. The van der Waals surface area contributed by atoms with Gasteiger partial charge in [-0.05, 0) is 17.7 Å². The van der Waals surface area contributed by atoms with Gasteiger partial charge in [-0.2, -0.15) is 0 Å². The largest absolute Gasteiger partial charge is 0.497 e. The maximum atomic E-state index is 5.21. The first-order chi connectivity index (χ1) is 9.81. The Labute approximate surface area is 118 Å². The molecule has 0 unspecified atom stereocenters. The number of hydrogen-bond donors (Lipinski definition) is 1. The van der Waals surface area contributed by atoms with Crippen LogP contribution < -0.4 is 10.1 Å². The smallest absolute Gasteiger partial charge is 0.119 e. The summed E-state index contributed by atoms with van der Waals surface area (Å²) >= 11 is 0. The van der Waals surface area contributed by atoms with Crippen molar-refractivity contribution < 1.29 is 9.47 Å². The molecule has 1 heterocycles. The molecule has 0 fully saturated rings. The molecule has 0 radical (unpaired) electrons. The number of benzene rings is 1. The highest BCUT2D eigenvalue weighted by atomic mass is 16.5. The summed E-state index contributed by atoms with van der Waals surface area (Å²) in [6.07, 6.45) is 1.94. The van der Waals surface area contributed by atoms with Crippen LogP contribution in [0, 0.1) is 0 Å². The van der Waals surface area contributed by atoms with Crippen molar-refractivity contribution in [3.8, 4) is 5.75 Å². The molecule has 0 atom stereocenters. The lowest BCUT2D eigenvalue weighted by Crippen LogP contribution is -2.18. The van der Waals surface area contributed by atoms with Crippen molar-refractivity contribution in [3.05, 3.63) is 41.7 Å². The zero-order chi connectivity index (χ0) is 14.2. The Morgan fingerprint density at radius 1 is 1.30 bits per heavy atom. The molecule has 2 rings (SSSR count). The fraction of sp³-hybridized carbons (Fsp3) is 0.429. The van der Waals surface area contributed by atoms with E-state index in [-0.39, 0.29) is 0 Å². The van der Waals surface area contributed by atoms with Crippen molar-refractivity contribution in [2.45, 2.75) is 13.1 Å². The van der Waals surface area contributed by atoms with Crippen LogP contribution in [-0.2, 0) is 17.8 Å². The zero-order valence-electron chi connectivity index (χ0n) is 11.9. The molecule has 2 aromatic rings. The Balaban J connectivity index is 1.88. The highest BCUT2D eigenvalue weighted by molar-refractivity contribution is 5.28. The van der Waals surface area contributed by atoms with E-state index >= 15 is 0 Å². The fourth-order valence-corrected chi connectivity index (χ4v) is 1.85. The van der Waals surface area contributed by atoms with Crippen LogP contribution >= 0.6 is 0 Å². The van der Waals surface area contributed by atoms with Crippen LogP contribution in [-0.4, -0.2) is 42.4 Å². The summed E-state index contributed by atoms with van der Waals surface area (Å²) in [5.41, 5.74) is 2.05. The lowest BCUT2D eigenvalue weighted by molar-refractivity contribution is 0.199. The summed E-state index contributed by atoms with van der Waals surface area (Å²) in [6.45, 7) is 2.88.